The molecule has 0 amide bonds. The molecule has 7 heteroatoms. The highest BCUT2D eigenvalue weighted by Gasteiger charge is 2.56. The van der Waals surface area contributed by atoms with E-state index in [1.807, 2.05) is 6.07 Å². The Balaban J connectivity index is 2.02. The molecule has 1 saturated heterocycles. The van der Waals surface area contributed by atoms with E-state index in [4.69, 9.17) is 24.2 Å². The molecule has 30 heavy (non-hydrogen) atoms. The molecule has 1 heterocycles. The van der Waals surface area contributed by atoms with E-state index in [1.54, 1.807) is 42.5 Å². The maximum atomic E-state index is 13.1. The zero-order valence-corrected chi connectivity index (χ0v) is 17.4. The molecule has 2 aromatic carbocycles. The largest absolute Gasteiger partial charge is 0.493 e. The van der Waals surface area contributed by atoms with Crippen molar-refractivity contribution in [3.05, 3.63) is 59.2 Å². The van der Waals surface area contributed by atoms with Crippen LogP contribution >= 0.6 is 0 Å². The van der Waals surface area contributed by atoms with Crippen molar-refractivity contribution >= 4 is 11.9 Å². The van der Waals surface area contributed by atoms with Crippen molar-refractivity contribution in [3.63, 3.8) is 0 Å². The number of esters is 2. The second-order valence-electron chi connectivity index (χ2n) is 7.61. The molecule has 1 aliphatic rings. The monoisotopic (exact) mass is 409 g/mol. The van der Waals surface area contributed by atoms with Crippen molar-refractivity contribution in [2.45, 2.75) is 32.5 Å². The number of ether oxygens (including phenoxy) is 4. The van der Waals surface area contributed by atoms with Crippen molar-refractivity contribution < 1.29 is 28.5 Å². The minimum absolute atomic E-state index is 0.0566. The van der Waals surface area contributed by atoms with Crippen LogP contribution in [0.25, 0.3) is 0 Å². The van der Waals surface area contributed by atoms with Gasteiger partial charge in [0.2, 0.25) is 0 Å². The fourth-order valence-corrected chi connectivity index (χ4v) is 3.48. The summed E-state index contributed by atoms with van der Waals surface area (Å²) in [6, 6.07) is 14.0. The van der Waals surface area contributed by atoms with Crippen LogP contribution in [0.1, 0.15) is 30.5 Å². The van der Waals surface area contributed by atoms with Crippen molar-refractivity contribution in [1.29, 1.82) is 5.26 Å². The van der Waals surface area contributed by atoms with Crippen LogP contribution in [0, 0.1) is 16.7 Å². The third kappa shape index (κ3) is 4.08. The van der Waals surface area contributed by atoms with Gasteiger partial charge in [0.05, 0.1) is 25.9 Å². The van der Waals surface area contributed by atoms with E-state index in [9.17, 15) is 9.59 Å². The number of nitriles is 1. The number of hydrogen-bond donors (Lipinski definition) is 0. The van der Waals surface area contributed by atoms with Gasteiger partial charge in [-0.3, -0.25) is 9.59 Å². The summed E-state index contributed by atoms with van der Waals surface area (Å²) >= 11 is 0. The van der Waals surface area contributed by atoms with Crippen molar-refractivity contribution in [2.75, 3.05) is 14.2 Å². The Bertz CT molecular complexity index is 983. The van der Waals surface area contributed by atoms with Crippen molar-refractivity contribution in [1.82, 2.24) is 0 Å². The van der Waals surface area contributed by atoms with Gasteiger partial charge in [0.1, 0.15) is 0 Å². The normalized spacial score (nSPS) is 16.8. The molecule has 0 radical (unpaired) electrons. The first-order chi connectivity index (χ1) is 14.2. The Hall–Kier alpha value is -3.53. The fourth-order valence-electron chi connectivity index (χ4n) is 3.48. The van der Waals surface area contributed by atoms with E-state index in [2.05, 4.69) is 0 Å². The van der Waals surface area contributed by atoms with Gasteiger partial charge in [-0.2, -0.15) is 5.26 Å². The molecule has 1 fully saturated rings. The summed E-state index contributed by atoms with van der Waals surface area (Å²) in [6.07, 6.45) is 0.127. The molecule has 0 aromatic heterocycles. The molecular formula is C23H23NO6. The van der Waals surface area contributed by atoms with Crippen molar-refractivity contribution in [2.24, 2.45) is 5.41 Å². The predicted octanol–water partition coefficient (Wildman–Crippen LogP) is 3.18. The Labute approximate surface area is 175 Å². The molecule has 1 aliphatic heterocycles. The molecule has 156 valence electrons. The Morgan fingerprint density at radius 1 is 0.867 bits per heavy atom. The lowest BCUT2D eigenvalue weighted by atomic mass is 9.75. The van der Waals surface area contributed by atoms with E-state index in [0.29, 0.717) is 28.2 Å². The van der Waals surface area contributed by atoms with Gasteiger partial charge in [-0.25, -0.2) is 0 Å². The van der Waals surface area contributed by atoms with Gasteiger partial charge < -0.3 is 18.9 Å². The Morgan fingerprint density at radius 2 is 1.40 bits per heavy atom. The maximum absolute atomic E-state index is 13.1. The Kier molecular flexibility index (Phi) is 5.70. The highest BCUT2D eigenvalue weighted by molar-refractivity contribution is 6.02. The first-order valence-corrected chi connectivity index (χ1v) is 9.40. The topological polar surface area (TPSA) is 94.9 Å². The molecule has 0 unspecified atom stereocenters. The first-order valence-electron chi connectivity index (χ1n) is 9.40. The molecule has 3 rings (SSSR count). The number of cyclic esters (lactones) is 2. The van der Waals surface area contributed by atoms with Gasteiger partial charge in [-0.1, -0.05) is 18.2 Å². The second kappa shape index (κ2) is 8.07. The third-order valence-corrected chi connectivity index (χ3v) is 5.00. The molecule has 2 aromatic rings. The van der Waals surface area contributed by atoms with Gasteiger partial charge in [-0.05, 0) is 48.2 Å². The van der Waals surface area contributed by atoms with Crippen LogP contribution in [-0.4, -0.2) is 31.9 Å². The van der Waals surface area contributed by atoms with E-state index >= 15 is 0 Å². The highest BCUT2D eigenvalue weighted by Crippen LogP contribution is 2.39. The van der Waals surface area contributed by atoms with Gasteiger partial charge in [0.15, 0.2) is 16.9 Å². The number of carbonyl (C=O) groups excluding carboxylic acids is 2. The van der Waals surface area contributed by atoms with Crippen LogP contribution in [0.4, 0.5) is 0 Å². The average Bonchev–Trinajstić information content (AvgIpc) is 2.71. The summed E-state index contributed by atoms with van der Waals surface area (Å²) in [7, 11) is 3.04. The van der Waals surface area contributed by atoms with Gasteiger partial charge >= 0.3 is 11.9 Å². The van der Waals surface area contributed by atoms with Crippen LogP contribution in [0.2, 0.25) is 0 Å². The molecule has 0 saturated carbocycles. The lowest BCUT2D eigenvalue weighted by Crippen LogP contribution is -2.56. The summed E-state index contributed by atoms with van der Waals surface area (Å²) < 4.78 is 21.5. The van der Waals surface area contributed by atoms with Gasteiger partial charge in [0.25, 0.3) is 5.79 Å². The number of carbonyl (C=O) groups is 2. The zero-order chi connectivity index (χ0) is 21.9. The molecule has 0 aliphatic carbocycles. The fraction of sp³-hybridized carbons (Fsp3) is 0.348. The maximum Gasteiger partial charge on any atom is 0.327 e. The first kappa shape index (κ1) is 21.2. The van der Waals surface area contributed by atoms with Crippen molar-refractivity contribution in [3.8, 4) is 17.6 Å². The van der Waals surface area contributed by atoms with E-state index in [-0.39, 0.29) is 12.8 Å². The number of benzene rings is 2. The second-order valence-corrected chi connectivity index (χ2v) is 7.61. The van der Waals surface area contributed by atoms with E-state index in [1.165, 1.54) is 28.1 Å². The SMILES string of the molecule is COc1ccc(CC2(Cc3ccc(C#N)cc3)C(=O)OC(C)(C)OC2=O)cc1OC. The minimum Gasteiger partial charge on any atom is -0.493 e. The number of rotatable bonds is 6. The third-order valence-electron chi connectivity index (χ3n) is 5.00. The molecule has 0 bridgehead atoms. The highest BCUT2D eigenvalue weighted by atomic mass is 16.7. The van der Waals surface area contributed by atoms with E-state index in [0.717, 1.165) is 0 Å². The molecule has 7 nitrogen and oxygen atoms in total. The smallest absolute Gasteiger partial charge is 0.327 e. The minimum atomic E-state index is -1.57. The van der Waals surface area contributed by atoms with Crippen LogP contribution in [0.3, 0.4) is 0 Å². The number of methoxy groups -OCH3 is 2. The summed E-state index contributed by atoms with van der Waals surface area (Å²) in [5.74, 6) is -1.61. The standard InChI is InChI=1S/C23H23NO6/c1-22(2)29-20(25)23(21(26)30-22,12-15-5-7-16(14-24)8-6-15)13-17-9-10-18(27-3)19(11-17)28-4/h5-11H,12-13H2,1-4H3. The van der Waals surface area contributed by atoms with Gasteiger partial charge in [0, 0.05) is 13.8 Å². The average molecular weight is 409 g/mol. The lowest BCUT2D eigenvalue weighted by molar-refractivity contribution is -0.251. The molecule has 0 spiro atoms. The summed E-state index contributed by atoms with van der Waals surface area (Å²) in [5, 5.41) is 9.01. The summed E-state index contributed by atoms with van der Waals surface area (Å²) in [6.45, 7) is 3.04. The van der Waals surface area contributed by atoms with Crippen LogP contribution in [0.5, 0.6) is 11.5 Å². The number of hydrogen-bond acceptors (Lipinski definition) is 7. The lowest BCUT2D eigenvalue weighted by Gasteiger charge is -2.40. The van der Waals surface area contributed by atoms with E-state index < -0.39 is 23.1 Å². The van der Waals surface area contributed by atoms with Crippen LogP contribution in [0.15, 0.2) is 42.5 Å². The summed E-state index contributed by atoms with van der Waals surface area (Å²) in [4.78, 5) is 26.2. The molecule has 0 N–H and O–H groups in total. The molecule has 0 atom stereocenters. The molecular weight excluding hydrogens is 386 g/mol. The van der Waals surface area contributed by atoms with Crippen LogP contribution in [-0.2, 0) is 31.9 Å². The quantitative estimate of drug-likeness (QED) is 0.534. The van der Waals surface area contributed by atoms with Gasteiger partial charge in [-0.15, -0.1) is 0 Å². The van der Waals surface area contributed by atoms with Crippen LogP contribution < -0.4 is 9.47 Å². The predicted molar refractivity (Wildman–Crippen MR) is 107 cm³/mol. The Morgan fingerprint density at radius 3 is 1.93 bits per heavy atom. The summed E-state index contributed by atoms with van der Waals surface area (Å²) in [5.41, 5.74) is 0.323. The number of nitrogens with zero attached hydrogens (tertiary/aromatic N) is 1. The zero-order valence-electron chi connectivity index (χ0n) is 17.4.